The van der Waals surface area contributed by atoms with Gasteiger partial charge in [-0.2, -0.15) is 4.98 Å². The molecule has 1 aromatic rings. The molecule has 0 aliphatic heterocycles. The smallest absolute Gasteiger partial charge is 0.218 e. The molecule has 4 nitrogen and oxygen atoms in total. The Kier molecular flexibility index (Phi) is 2.43. The van der Waals surface area contributed by atoms with Crippen molar-refractivity contribution in [3.8, 4) is 11.6 Å². The fourth-order valence-electron chi connectivity index (χ4n) is 1.35. The van der Waals surface area contributed by atoms with Crippen molar-refractivity contribution in [2.24, 2.45) is 0 Å². The number of pyridine rings is 1. The molecule has 2 N–H and O–H groups in total. The summed E-state index contributed by atoms with van der Waals surface area (Å²) in [7, 11) is 1.56. The zero-order valence-corrected chi connectivity index (χ0v) is 8.19. The molecule has 1 saturated carbocycles. The van der Waals surface area contributed by atoms with Gasteiger partial charge in [-0.3, -0.25) is 0 Å². The van der Waals surface area contributed by atoms with Crippen molar-refractivity contribution in [3.05, 3.63) is 12.1 Å². The van der Waals surface area contributed by atoms with Gasteiger partial charge in [-0.15, -0.1) is 0 Å². The summed E-state index contributed by atoms with van der Waals surface area (Å²) in [5.41, 5.74) is 5.60. The number of nitrogen functional groups attached to an aromatic ring is 1. The second kappa shape index (κ2) is 3.74. The van der Waals surface area contributed by atoms with E-state index in [9.17, 15) is 0 Å². The summed E-state index contributed by atoms with van der Waals surface area (Å²) in [6.07, 6.45) is 3.86. The van der Waals surface area contributed by atoms with Gasteiger partial charge in [-0.1, -0.05) is 0 Å². The van der Waals surface area contributed by atoms with Crippen LogP contribution in [0.4, 0.5) is 5.82 Å². The molecule has 0 atom stereocenters. The molecule has 1 aliphatic carbocycles. The van der Waals surface area contributed by atoms with E-state index in [-0.39, 0.29) is 0 Å². The minimum atomic E-state index is 0.349. The first kappa shape index (κ1) is 9.12. The predicted octanol–water partition coefficient (Wildman–Crippen LogP) is 1.60. The summed E-state index contributed by atoms with van der Waals surface area (Å²) in [5, 5.41) is 0. The van der Waals surface area contributed by atoms with E-state index >= 15 is 0 Å². The van der Waals surface area contributed by atoms with Crippen molar-refractivity contribution in [2.45, 2.75) is 25.4 Å². The van der Waals surface area contributed by atoms with Gasteiger partial charge in [0, 0.05) is 12.1 Å². The molecular weight excluding hydrogens is 180 g/mol. The van der Waals surface area contributed by atoms with E-state index in [2.05, 4.69) is 4.98 Å². The molecule has 4 heteroatoms. The van der Waals surface area contributed by atoms with E-state index < -0.39 is 0 Å². The number of rotatable bonds is 3. The first-order valence-corrected chi connectivity index (χ1v) is 4.76. The molecule has 14 heavy (non-hydrogen) atoms. The molecule has 1 aromatic heterocycles. The molecule has 0 spiro atoms. The van der Waals surface area contributed by atoms with Crippen molar-refractivity contribution in [2.75, 3.05) is 12.8 Å². The minimum absolute atomic E-state index is 0.349. The van der Waals surface area contributed by atoms with Crippen LogP contribution in [0.3, 0.4) is 0 Å². The van der Waals surface area contributed by atoms with Crippen LogP contribution in [0, 0.1) is 0 Å². The molecule has 1 aliphatic rings. The Labute approximate surface area is 83.0 Å². The summed E-state index contributed by atoms with van der Waals surface area (Å²) in [5.74, 6) is 1.68. The van der Waals surface area contributed by atoms with Gasteiger partial charge in [0.1, 0.15) is 11.6 Å². The number of hydrogen-bond donors (Lipinski definition) is 1. The van der Waals surface area contributed by atoms with Gasteiger partial charge in [-0.05, 0) is 19.3 Å². The quantitative estimate of drug-likeness (QED) is 0.794. The first-order chi connectivity index (χ1) is 6.78. The van der Waals surface area contributed by atoms with E-state index in [1.54, 1.807) is 19.2 Å². The Bertz CT molecular complexity index is 324. The second-order valence-electron chi connectivity index (χ2n) is 3.44. The fourth-order valence-corrected chi connectivity index (χ4v) is 1.35. The van der Waals surface area contributed by atoms with Crippen molar-refractivity contribution in [1.82, 2.24) is 4.98 Å². The molecule has 0 unspecified atom stereocenters. The third-order valence-corrected chi connectivity index (χ3v) is 2.36. The van der Waals surface area contributed by atoms with E-state index in [0.29, 0.717) is 17.8 Å². The normalized spacial score (nSPS) is 16.1. The van der Waals surface area contributed by atoms with Gasteiger partial charge in [0.15, 0.2) is 0 Å². The molecule has 76 valence electrons. The van der Waals surface area contributed by atoms with Crippen LogP contribution < -0.4 is 15.2 Å². The molecule has 0 aromatic carbocycles. The SMILES string of the molecule is COc1cc(OC2CCC2)cc(N)n1. The molecule has 2 rings (SSSR count). The average molecular weight is 194 g/mol. The van der Waals surface area contributed by atoms with Crippen LogP contribution in [-0.4, -0.2) is 18.2 Å². The zero-order chi connectivity index (χ0) is 9.97. The number of nitrogens with zero attached hydrogens (tertiary/aromatic N) is 1. The van der Waals surface area contributed by atoms with E-state index in [4.69, 9.17) is 15.2 Å². The highest BCUT2D eigenvalue weighted by atomic mass is 16.5. The van der Waals surface area contributed by atoms with Crippen molar-refractivity contribution < 1.29 is 9.47 Å². The van der Waals surface area contributed by atoms with Crippen LogP contribution in [-0.2, 0) is 0 Å². The Hall–Kier alpha value is -1.45. The maximum atomic E-state index is 5.67. The van der Waals surface area contributed by atoms with Gasteiger partial charge < -0.3 is 15.2 Å². The van der Waals surface area contributed by atoms with Gasteiger partial charge in [-0.25, -0.2) is 0 Å². The Balaban J connectivity index is 2.11. The third-order valence-electron chi connectivity index (χ3n) is 2.36. The van der Waals surface area contributed by atoms with Crippen molar-refractivity contribution >= 4 is 5.82 Å². The summed E-state index contributed by atoms with van der Waals surface area (Å²) < 4.78 is 10.7. The van der Waals surface area contributed by atoms with Gasteiger partial charge in [0.2, 0.25) is 5.88 Å². The predicted molar refractivity (Wildman–Crippen MR) is 53.5 cm³/mol. The Morgan fingerprint density at radius 3 is 2.79 bits per heavy atom. The maximum Gasteiger partial charge on any atom is 0.218 e. The van der Waals surface area contributed by atoms with E-state index in [1.807, 2.05) is 0 Å². The van der Waals surface area contributed by atoms with Crippen LogP contribution in [0.1, 0.15) is 19.3 Å². The first-order valence-electron chi connectivity index (χ1n) is 4.76. The maximum absolute atomic E-state index is 5.67. The molecular formula is C10H14N2O2. The highest BCUT2D eigenvalue weighted by molar-refractivity contribution is 5.41. The topological polar surface area (TPSA) is 57.4 Å². The summed E-state index contributed by atoms with van der Waals surface area (Å²) in [6.45, 7) is 0. The lowest BCUT2D eigenvalue weighted by molar-refractivity contribution is 0.120. The van der Waals surface area contributed by atoms with Gasteiger partial charge >= 0.3 is 0 Å². The molecule has 1 fully saturated rings. The number of anilines is 1. The Morgan fingerprint density at radius 2 is 2.21 bits per heavy atom. The highest BCUT2D eigenvalue weighted by Gasteiger charge is 2.19. The molecule has 0 saturated heterocycles. The summed E-state index contributed by atoms with van der Waals surface area (Å²) >= 11 is 0. The Morgan fingerprint density at radius 1 is 1.43 bits per heavy atom. The number of methoxy groups -OCH3 is 1. The monoisotopic (exact) mass is 194 g/mol. The summed E-state index contributed by atoms with van der Waals surface area (Å²) in [4.78, 5) is 3.98. The largest absolute Gasteiger partial charge is 0.490 e. The highest BCUT2D eigenvalue weighted by Crippen LogP contribution is 2.27. The number of nitrogens with two attached hydrogens (primary N) is 1. The molecule has 0 radical (unpaired) electrons. The number of hydrogen-bond acceptors (Lipinski definition) is 4. The minimum Gasteiger partial charge on any atom is -0.490 e. The summed E-state index contributed by atoms with van der Waals surface area (Å²) in [6, 6.07) is 3.48. The van der Waals surface area contributed by atoms with Crippen LogP contribution in [0.5, 0.6) is 11.6 Å². The lowest BCUT2D eigenvalue weighted by Gasteiger charge is -2.26. The standard InChI is InChI=1S/C10H14N2O2/c1-13-10-6-8(5-9(11)12-10)14-7-3-2-4-7/h5-7H,2-4H2,1H3,(H2,11,12). The number of ether oxygens (including phenoxy) is 2. The lowest BCUT2D eigenvalue weighted by Crippen LogP contribution is -2.24. The fraction of sp³-hybridized carbons (Fsp3) is 0.500. The van der Waals surface area contributed by atoms with Crippen LogP contribution >= 0.6 is 0 Å². The number of aromatic nitrogens is 1. The lowest BCUT2D eigenvalue weighted by atomic mass is 9.96. The van der Waals surface area contributed by atoms with Crippen molar-refractivity contribution in [3.63, 3.8) is 0 Å². The van der Waals surface area contributed by atoms with E-state index in [1.165, 1.54) is 6.42 Å². The van der Waals surface area contributed by atoms with Crippen LogP contribution in [0.15, 0.2) is 12.1 Å². The zero-order valence-electron chi connectivity index (χ0n) is 8.19. The van der Waals surface area contributed by atoms with Crippen molar-refractivity contribution in [1.29, 1.82) is 0 Å². The molecule has 0 amide bonds. The molecule has 1 heterocycles. The van der Waals surface area contributed by atoms with Gasteiger partial charge in [0.25, 0.3) is 0 Å². The van der Waals surface area contributed by atoms with E-state index in [0.717, 1.165) is 18.6 Å². The van der Waals surface area contributed by atoms with Gasteiger partial charge in [0.05, 0.1) is 13.2 Å². The third kappa shape index (κ3) is 1.89. The average Bonchev–Trinajstić information content (AvgIpc) is 2.10. The molecule has 0 bridgehead atoms. The second-order valence-corrected chi connectivity index (χ2v) is 3.44. The van der Waals surface area contributed by atoms with Crippen LogP contribution in [0.2, 0.25) is 0 Å². The van der Waals surface area contributed by atoms with Crippen LogP contribution in [0.25, 0.3) is 0 Å².